The highest BCUT2D eigenvalue weighted by atomic mass is 19.1. The summed E-state index contributed by atoms with van der Waals surface area (Å²) in [4.78, 5) is 16.2. The van der Waals surface area contributed by atoms with E-state index >= 15 is 0 Å². The van der Waals surface area contributed by atoms with Crippen LogP contribution in [0, 0.1) is 11.7 Å². The number of carbonyl (C=O) groups is 1. The summed E-state index contributed by atoms with van der Waals surface area (Å²) in [5.41, 5.74) is 1.13. The van der Waals surface area contributed by atoms with Crippen LogP contribution in [0.15, 0.2) is 34.9 Å². The van der Waals surface area contributed by atoms with Crippen molar-refractivity contribution < 1.29 is 18.7 Å². The normalized spacial score (nSPS) is 12.4. The van der Waals surface area contributed by atoms with Gasteiger partial charge in [-0.2, -0.15) is 0 Å². The first-order valence-electron chi connectivity index (χ1n) is 7.58. The highest BCUT2D eigenvalue weighted by molar-refractivity contribution is 5.78. The number of amides is 1. The van der Waals surface area contributed by atoms with Gasteiger partial charge in [0.25, 0.3) is 0 Å². The maximum absolute atomic E-state index is 12.9. The predicted octanol–water partition coefficient (Wildman–Crippen LogP) is 2.55. The highest BCUT2D eigenvalue weighted by Crippen LogP contribution is 2.19. The van der Waals surface area contributed by atoms with Crippen LogP contribution < -0.4 is 5.32 Å². The minimum absolute atomic E-state index is 0.0687. The molecule has 0 fully saturated rings. The number of nitrogens with zero attached hydrogens (tertiary/aromatic N) is 1. The van der Waals surface area contributed by atoms with Crippen molar-refractivity contribution in [1.82, 2.24) is 10.3 Å². The molecule has 1 atom stereocenters. The number of aromatic nitrogens is 1. The van der Waals surface area contributed by atoms with Gasteiger partial charge < -0.3 is 14.8 Å². The molecule has 0 aliphatic carbocycles. The zero-order chi connectivity index (χ0) is 16.8. The summed E-state index contributed by atoms with van der Waals surface area (Å²) in [5, 5.41) is 12.1. The number of hydrogen-bond acceptors (Lipinski definition) is 4. The Morgan fingerprint density at radius 3 is 2.65 bits per heavy atom. The van der Waals surface area contributed by atoms with Crippen molar-refractivity contribution in [1.29, 1.82) is 0 Å². The quantitative estimate of drug-likeness (QED) is 0.822. The molecule has 1 aromatic heterocycles. The Bertz CT molecular complexity index is 638. The SMILES string of the molecule is CC(C)CC(CO)NC(=O)Cc1coc(-c2ccc(F)cc2)n1. The summed E-state index contributed by atoms with van der Waals surface area (Å²) in [6, 6.07) is 5.52. The van der Waals surface area contributed by atoms with Crippen molar-refractivity contribution in [3.05, 3.63) is 42.0 Å². The molecule has 1 aromatic carbocycles. The smallest absolute Gasteiger partial charge is 0.226 e. The second-order valence-electron chi connectivity index (χ2n) is 5.90. The van der Waals surface area contributed by atoms with E-state index in [1.165, 1.54) is 18.4 Å². The van der Waals surface area contributed by atoms with E-state index in [0.717, 1.165) is 0 Å². The molecule has 1 amide bonds. The molecule has 0 aliphatic rings. The highest BCUT2D eigenvalue weighted by Gasteiger charge is 2.15. The molecule has 0 radical (unpaired) electrons. The molecule has 23 heavy (non-hydrogen) atoms. The molecular formula is C17H21FN2O3. The summed E-state index contributed by atoms with van der Waals surface area (Å²) >= 11 is 0. The summed E-state index contributed by atoms with van der Waals surface area (Å²) < 4.78 is 18.2. The van der Waals surface area contributed by atoms with Crippen molar-refractivity contribution in [2.45, 2.75) is 32.7 Å². The van der Waals surface area contributed by atoms with Crippen LogP contribution in [0.2, 0.25) is 0 Å². The lowest BCUT2D eigenvalue weighted by Crippen LogP contribution is -2.39. The Morgan fingerprint density at radius 1 is 1.35 bits per heavy atom. The van der Waals surface area contributed by atoms with E-state index in [4.69, 9.17) is 4.42 Å². The maximum Gasteiger partial charge on any atom is 0.226 e. The average molecular weight is 320 g/mol. The predicted molar refractivity (Wildman–Crippen MR) is 84.1 cm³/mol. The topological polar surface area (TPSA) is 75.4 Å². The van der Waals surface area contributed by atoms with Crippen molar-refractivity contribution >= 4 is 5.91 Å². The lowest BCUT2D eigenvalue weighted by atomic mass is 10.0. The van der Waals surface area contributed by atoms with Crippen LogP contribution in [0.25, 0.3) is 11.5 Å². The van der Waals surface area contributed by atoms with Gasteiger partial charge in [0.05, 0.1) is 24.8 Å². The van der Waals surface area contributed by atoms with Gasteiger partial charge in [0.15, 0.2) is 0 Å². The largest absolute Gasteiger partial charge is 0.444 e. The third-order valence-electron chi connectivity index (χ3n) is 3.33. The Morgan fingerprint density at radius 2 is 2.04 bits per heavy atom. The molecule has 1 unspecified atom stereocenters. The molecule has 0 aliphatic heterocycles. The second kappa shape index (κ2) is 7.87. The molecule has 6 heteroatoms. The van der Waals surface area contributed by atoms with Crippen molar-refractivity contribution in [3.8, 4) is 11.5 Å². The molecule has 124 valence electrons. The van der Waals surface area contributed by atoms with Crippen LogP contribution in [0.1, 0.15) is 26.0 Å². The standard InChI is InChI=1S/C17H21FN2O3/c1-11(2)7-14(9-21)19-16(22)8-15-10-23-17(20-15)12-3-5-13(18)6-4-12/h3-6,10-11,14,21H,7-9H2,1-2H3,(H,19,22). The summed E-state index contributed by atoms with van der Waals surface area (Å²) in [7, 11) is 0. The molecule has 2 aromatic rings. The van der Waals surface area contributed by atoms with Crippen molar-refractivity contribution in [2.75, 3.05) is 6.61 Å². The van der Waals surface area contributed by atoms with Gasteiger partial charge in [-0.25, -0.2) is 9.37 Å². The van der Waals surface area contributed by atoms with Crippen molar-refractivity contribution in [3.63, 3.8) is 0 Å². The lowest BCUT2D eigenvalue weighted by Gasteiger charge is -2.17. The number of aliphatic hydroxyl groups is 1. The fourth-order valence-electron chi connectivity index (χ4n) is 2.30. The number of hydrogen-bond donors (Lipinski definition) is 2. The monoisotopic (exact) mass is 320 g/mol. The average Bonchev–Trinajstić information content (AvgIpc) is 2.95. The summed E-state index contributed by atoms with van der Waals surface area (Å²) in [6.45, 7) is 3.96. The van der Waals surface area contributed by atoms with Gasteiger partial charge in [0, 0.05) is 5.56 Å². The number of halogens is 1. The summed E-state index contributed by atoms with van der Waals surface area (Å²) in [6.07, 6.45) is 2.19. The van der Waals surface area contributed by atoms with Crippen LogP contribution in [-0.2, 0) is 11.2 Å². The van der Waals surface area contributed by atoms with E-state index in [1.54, 1.807) is 12.1 Å². The van der Waals surface area contributed by atoms with Crippen molar-refractivity contribution in [2.24, 2.45) is 5.92 Å². The first-order chi connectivity index (χ1) is 11.0. The number of rotatable bonds is 7. The minimum atomic E-state index is -0.333. The van der Waals surface area contributed by atoms with E-state index < -0.39 is 0 Å². The first kappa shape index (κ1) is 17.1. The molecule has 0 saturated carbocycles. The van der Waals surface area contributed by atoms with E-state index in [0.29, 0.717) is 29.5 Å². The van der Waals surface area contributed by atoms with Gasteiger partial charge in [-0.15, -0.1) is 0 Å². The number of oxazole rings is 1. The second-order valence-corrected chi connectivity index (χ2v) is 5.90. The Kier molecular flexibility index (Phi) is 5.87. The fourth-order valence-corrected chi connectivity index (χ4v) is 2.30. The molecular weight excluding hydrogens is 299 g/mol. The van der Waals surface area contributed by atoms with Gasteiger partial charge in [-0.05, 0) is 36.6 Å². The van der Waals surface area contributed by atoms with Gasteiger partial charge in [-0.3, -0.25) is 4.79 Å². The maximum atomic E-state index is 12.9. The molecule has 2 N–H and O–H groups in total. The number of benzene rings is 1. The fraction of sp³-hybridized carbons (Fsp3) is 0.412. The Labute approximate surface area is 134 Å². The van der Waals surface area contributed by atoms with E-state index in [9.17, 15) is 14.3 Å². The Hall–Kier alpha value is -2.21. The third-order valence-corrected chi connectivity index (χ3v) is 3.33. The van der Waals surface area contributed by atoms with Gasteiger partial charge >= 0.3 is 0 Å². The number of carbonyl (C=O) groups excluding carboxylic acids is 1. The van der Waals surface area contributed by atoms with E-state index in [2.05, 4.69) is 10.3 Å². The van der Waals surface area contributed by atoms with Gasteiger partial charge in [0.1, 0.15) is 12.1 Å². The first-order valence-corrected chi connectivity index (χ1v) is 7.58. The van der Waals surface area contributed by atoms with Crippen LogP contribution in [-0.4, -0.2) is 28.6 Å². The van der Waals surface area contributed by atoms with Gasteiger partial charge in [0.2, 0.25) is 11.8 Å². The summed E-state index contributed by atoms with van der Waals surface area (Å²) in [5.74, 6) is 0.169. The molecule has 0 saturated heterocycles. The van der Waals surface area contributed by atoms with Crippen LogP contribution in [0.5, 0.6) is 0 Å². The minimum Gasteiger partial charge on any atom is -0.444 e. The number of aliphatic hydroxyl groups excluding tert-OH is 1. The zero-order valence-corrected chi connectivity index (χ0v) is 13.3. The molecule has 0 spiro atoms. The molecule has 2 rings (SSSR count). The Balaban J connectivity index is 1.95. The molecule has 5 nitrogen and oxygen atoms in total. The lowest BCUT2D eigenvalue weighted by molar-refractivity contribution is -0.121. The molecule has 1 heterocycles. The molecule has 0 bridgehead atoms. The van der Waals surface area contributed by atoms with E-state index in [-0.39, 0.29) is 30.8 Å². The van der Waals surface area contributed by atoms with Crippen LogP contribution in [0.3, 0.4) is 0 Å². The number of nitrogens with one attached hydrogen (secondary N) is 1. The third kappa shape index (κ3) is 5.17. The van der Waals surface area contributed by atoms with Crippen LogP contribution in [0.4, 0.5) is 4.39 Å². The zero-order valence-electron chi connectivity index (χ0n) is 13.3. The van der Waals surface area contributed by atoms with Gasteiger partial charge in [-0.1, -0.05) is 13.8 Å². The van der Waals surface area contributed by atoms with E-state index in [1.807, 2.05) is 13.8 Å². The van der Waals surface area contributed by atoms with Crippen LogP contribution >= 0.6 is 0 Å².